The summed E-state index contributed by atoms with van der Waals surface area (Å²) in [5.74, 6) is 1.24. The minimum Gasteiger partial charge on any atom is -0.341 e. The third-order valence-corrected chi connectivity index (χ3v) is 4.83. The number of nitrogens with two attached hydrogens (primary N) is 1. The molecule has 0 aliphatic carbocycles. The van der Waals surface area contributed by atoms with Gasteiger partial charge in [0.05, 0.1) is 6.04 Å². The fourth-order valence-electron chi connectivity index (χ4n) is 3.49. The van der Waals surface area contributed by atoms with Crippen LogP contribution in [-0.2, 0) is 11.2 Å². The Bertz CT molecular complexity index is 667. The van der Waals surface area contributed by atoms with Crippen molar-refractivity contribution in [3.05, 3.63) is 54.1 Å². The second kappa shape index (κ2) is 7.62. The number of carbonyl (C=O) groups is 1. The average molecular weight is 326 g/mol. The van der Waals surface area contributed by atoms with Crippen LogP contribution in [-0.4, -0.2) is 33.4 Å². The van der Waals surface area contributed by atoms with Crippen LogP contribution in [0.2, 0.25) is 0 Å². The number of hydrogen-bond donors (Lipinski definition) is 1. The molecule has 1 fully saturated rings. The van der Waals surface area contributed by atoms with Crippen LogP contribution in [0, 0.1) is 0 Å². The van der Waals surface area contributed by atoms with Gasteiger partial charge in [0.1, 0.15) is 5.82 Å². The van der Waals surface area contributed by atoms with E-state index in [-0.39, 0.29) is 11.9 Å². The van der Waals surface area contributed by atoms with E-state index in [1.54, 1.807) is 0 Å². The molecular formula is C19H26N4O. The molecule has 1 aliphatic rings. The summed E-state index contributed by atoms with van der Waals surface area (Å²) in [6.07, 6.45) is 7.28. The van der Waals surface area contributed by atoms with Crippen molar-refractivity contribution in [2.75, 3.05) is 13.1 Å². The smallest absolute Gasteiger partial charge is 0.224 e. The maximum absolute atomic E-state index is 12.7. The molecule has 1 aromatic carbocycles. The summed E-state index contributed by atoms with van der Waals surface area (Å²) >= 11 is 0. The Hall–Kier alpha value is -2.14. The number of benzene rings is 1. The molecule has 1 amide bonds. The van der Waals surface area contributed by atoms with Gasteiger partial charge < -0.3 is 15.2 Å². The van der Waals surface area contributed by atoms with Gasteiger partial charge in [-0.15, -0.1) is 0 Å². The van der Waals surface area contributed by atoms with Gasteiger partial charge in [0.2, 0.25) is 5.91 Å². The summed E-state index contributed by atoms with van der Waals surface area (Å²) in [6, 6.07) is 9.94. The van der Waals surface area contributed by atoms with Crippen LogP contribution >= 0.6 is 0 Å². The minimum absolute atomic E-state index is 0.147. The van der Waals surface area contributed by atoms with E-state index in [9.17, 15) is 4.79 Å². The molecule has 0 saturated carbocycles. The third-order valence-electron chi connectivity index (χ3n) is 4.83. The standard InChI is InChI=1S/C19H26N4O/c1-2-18-21-10-12-23(18)16-9-6-11-22(14-16)19(24)13-17(20)15-7-4-3-5-8-15/h3-5,7-8,10,12,16-17H,2,6,9,11,13-14,20H2,1H3. The van der Waals surface area contributed by atoms with Gasteiger partial charge >= 0.3 is 0 Å². The zero-order valence-electron chi connectivity index (χ0n) is 14.3. The molecular weight excluding hydrogens is 300 g/mol. The van der Waals surface area contributed by atoms with Crippen LogP contribution in [0.5, 0.6) is 0 Å². The number of aromatic nitrogens is 2. The predicted octanol–water partition coefficient (Wildman–Crippen LogP) is 2.70. The molecule has 0 bridgehead atoms. The van der Waals surface area contributed by atoms with E-state index in [0.29, 0.717) is 12.5 Å². The minimum atomic E-state index is -0.237. The number of likely N-dealkylation sites (tertiary alicyclic amines) is 1. The molecule has 5 heteroatoms. The lowest BCUT2D eigenvalue weighted by Crippen LogP contribution is -2.41. The molecule has 1 saturated heterocycles. The number of piperidine rings is 1. The lowest BCUT2D eigenvalue weighted by Gasteiger charge is -2.34. The van der Waals surface area contributed by atoms with Crippen LogP contribution in [0.15, 0.2) is 42.7 Å². The maximum Gasteiger partial charge on any atom is 0.224 e. The van der Waals surface area contributed by atoms with E-state index in [1.165, 1.54) is 0 Å². The Labute approximate surface area is 143 Å². The molecule has 2 heterocycles. The van der Waals surface area contributed by atoms with Crippen molar-refractivity contribution in [1.82, 2.24) is 14.5 Å². The average Bonchev–Trinajstić information content (AvgIpc) is 3.11. The van der Waals surface area contributed by atoms with Crippen molar-refractivity contribution in [2.24, 2.45) is 5.73 Å². The van der Waals surface area contributed by atoms with Crippen LogP contribution in [0.1, 0.15) is 49.7 Å². The molecule has 128 valence electrons. The Morgan fingerprint density at radius 3 is 2.92 bits per heavy atom. The lowest BCUT2D eigenvalue weighted by atomic mass is 10.0. The Morgan fingerprint density at radius 1 is 1.38 bits per heavy atom. The van der Waals surface area contributed by atoms with Crippen molar-refractivity contribution >= 4 is 5.91 Å². The van der Waals surface area contributed by atoms with Gasteiger partial charge in [-0.1, -0.05) is 37.3 Å². The van der Waals surface area contributed by atoms with Gasteiger partial charge in [-0.05, 0) is 18.4 Å². The molecule has 3 rings (SSSR count). The first-order valence-corrected chi connectivity index (χ1v) is 8.79. The van der Waals surface area contributed by atoms with Gasteiger partial charge in [-0.2, -0.15) is 0 Å². The molecule has 0 radical (unpaired) electrons. The van der Waals surface area contributed by atoms with Crippen molar-refractivity contribution < 1.29 is 4.79 Å². The number of rotatable bonds is 5. The topological polar surface area (TPSA) is 64.2 Å². The predicted molar refractivity (Wildman–Crippen MR) is 94.4 cm³/mol. The van der Waals surface area contributed by atoms with E-state index >= 15 is 0 Å². The highest BCUT2D eigenvalue weighted by molar-refractivity contribution is 5.77. The monoisotopic (exact) mass is 326 g/mol. The second-order valence-electron chi connectivity index (χ2n) is 6.46. The first-order valence-electron chi connectivity index (χ1n) is 8.79. The molecule has 2 atom stereocenters. The largest absolute Gasteiger partial charge is 0.341 e. The second-order valence-corrected chi connectivity index (χ2v) is 6.46. The highest BCUT2D eigenvalue weighted by Crippen LogP contribution is 2.24. The SMILES string of the molecule is CCc1nccn1C1CCCN(C(=O)CC(N)c2ccccc2)C1. The summed E-state index contributed by atoms with van der Waals surface area (Å²) in [5, 5.41) is 0. The molecule has 5 nitrogen and oxygen atoms in total. The summed E-state index contributed by atoms with van der Waals surface area (Å²) in [5.41, 5.74) is 7.23. The molecule has 0 spiro atoms. The van der Waals surface area contributed by atoms with Gasteiger partial charge in [0.15, 0.2) is 0 Å². The fourth-order valence-corrected chi connectivity index (χ4v) is 3.49. The zero-order chi connectivity index (χ0) is 16.9. The number of hydrogen-bond acceptors (Lipinski definition) is 3. The Morgan fingerprint density at radius 2 is 2.17 bits per heavy atom. The summed E-state index contributed by atoms with van der Waals surface area (Å²) in [4.78, 5) is 19.0. The van der Waals surface area contributed by atoms with Crippen LogP contribution < -0.4 is 5.73 Å². The first kappa shape index (κ1) is 16.7. The first-order chi connectivity index (χ1) is 11.7. The van der Waals surface area contributed by atoms with Gasteiger partial charge in [0.25, 0.3) is 0 Å². The summed E-state index contributed by atoms with van der Waals surface area (Å²) < 4.78 is 2.23. The fraction of sp³-hybridized carbons (Fsp3) is 0.474. The van der Waals surface area contributed by atoms with E-state index in [2.05, 4.69) is 16.5 Å². The number of carbonyl (C=O) groups excluding carboxylic acids is 1. The molecule has 1 aromatic heterocycles. The number of nitrogens with zero attached hydrogens (tertiary/aromatic N) is 3. The molecule has 2 unspecified atom stereocenters. The number of amides is 1. The van der Waals surface area contributed by atoms with Gasteiger partial charge in [-0.3, -0.25) is 4.79 Å². The number of aryl methyl sites for hydroxylation is 1. The molecule has 1 aliphatic heterocycles. The van der Waals surface area contributed by atoms with Crippen molar-refractivity contribution in [1.29, 1.82) is 0 Å². The van der Waals surface area contributed by atoms with E-state index in [1.807, 2.05) is 47.6 Å². The lowest BCUT2D eigenvalue weighted by molar-refractivity contribution is -0.133. The Balaban J connectivity index is 1.63. The number of imidazole rings is 1. The van der Waals surface area contributed by atoms with Gasteiger partial charge in [0, 0.05) is 44.4 Å². The van der Waals surface area contributed by atoms with Crippen LogP contribution in [0.25, 0.3) is 0 Å². The molecule has 2 N–H and O–H groups in total. The van der Waals surface area contributed by atoms with E-state index < -0.39 is 0 Å². The highest BCUT2D eigenvalue weighted by Gasteiger charge is 2.26. The highest BCUT2D eigenvalue weighted by atomic mass is 16.2. The summed E-state index contributed by atoms with van der Waals surface area (Å²) in [6.45, 7) is 3.69. The van der Waals surface area contributed by atoms with Crippen LogP contribution in [0.3, 0.4) is 0 Å². The zero-order valence-corrected chi connectivity index (χ0v) is 14.3. The maximum atomic E-state index is 12.7. The molecule has 24 heavy (non-hydrogen) atoms. The van der Waals surface area contributed by atoms with E-state index in [4.69, 9.17) is 5.73 Å². The summed E-state index contributed by atoms with van der Waals surface area (Å²) in [7, 11) is 0. The van der Waals surface area contributed by atoms with Crippen LogP contribution in [0.4, 0.5) is 0 Å². The molecule has 2 aromatic rings. The van der Waals surface area contributed by atoms with Gasteiger partial charge in [-0.25, -0.2) is 4.98 Å². The van der Waals surface area contributed by atoms with Crippen molar-refractivity contribution in [3.63, 3.8) is 0 Å². The normalized spacial score (nSPS) is 19.2. The van der Waals surface area contributed by atoms with E-state index in [0.717, 1.165) is 43.7 Å². The quantitative estimate of drug-likeness (QED) is 0.919. The Kier molecular flexibility index (Phi) is 5.30. The van der Waals surface area contributed by atoms with Crippen molar-refractivity contribution in [3.8, 4) is 0 Å². The third kappa shape index (κ3) is 3.67. The van der Waals surface area contributed by atoms with Crippen molar-refractivity contribution in [2.45, 2.75) is 44.7 Å².